The van der Waals surface area contributed by atoms with Crippen LogP contribution >= 0.6 is 0 Å². The molecule has 3 aliphatic rings. The Morgan fingerprint density at radius 3 is 1.07 bits per heavy atom. The Hall–Kier alpha value is -9.34. The monoisotopic (exact) mass is 1130 g/mol. The van der Waals surface area contributed by atoms with Crippen molar-refractivity contribution in [3.05, 3.63) is 190 Å². The molecule has 0 spiro atoms. The molecule has 424 valence electrons. The highest BCUT2D eigenvalue weighted by atomic mass is 16.2. The van der Waals surface area contributed by atoms with Gasteiger partial charge in [-0.15, -0.1) is 0 Å². The van der Waals surface area contributed by atoms with Crippen molar-refractivity contribution in [1.82, 2.24) is 4.90 Å². The van der Waals surface area contributed by atoms with Gasteiger partial charge in [0.15, 0.2) is 0 Å². The number of para-hydroxylation sites is 1. The molecule has 86 heavy (non-hydrogen) atoms. The Morgan fingerprint density at radius 2 is 0.663 bits per heavy atom. The molecule has 0 saturated heterocycles. The summed E-state index contributed by atoms with van der Waals surface area (Å²) < 4.78 is 0. The molecule has 0 bridgehead atoms. The van der Waals surface area contributed by atoms with E-state index in [0.29, 0.717) is 60.9 Å². The fourth-order valence-corrected chi connectivity index (χ4v) is 15.4. The van der Waals surface area contributed by atoms with Crippen molar-refractivity contribution < 1.29 is 28.8 Å². The first-order chi connectivity index (χ1) is 41.8. The first-order valence-electron chi connectivity index (χ1n) is 31.1. The molecule has 0 radical (unpaired) electrons. The van der Waals surface area contributed by atoms with Crippen molar-refractivity contribution in [2.75, 3.05) is 9.80 Å². The number of anilines is 2. The van der Waals surface area contributed by atoms with Crippen molar-refractivity contribution in [2.45, 2.75) is 124 Å². The van der Waals surface area contributed by atoms with Gasteiger partial charge in [-0.2, -0.15) is 0 Å². The number of unbranched alkanes of at least 4 members (excludes halogenated alkanes) is 6. The summed E-state index contributed by atoms with van der Waals surface area (Å²) in [6.45, 7) is 12.8. The van der Waals surface area contributed by atoms with E-state index in [1.807, 2.05) is 115 Å². The fraction of sp³-hybridized carbons (Fsp3) is 0.247. The third kappa shape index (κ3) is 7.55. The molecule has 3 aliphatic heterocycles. The molecular weight excluding hydrogens is 1060 g/mol. The van der Waals surface area contributed by atoms with Crippen LogP contribution in [0.25, 0.3) is 97.3 Å². The topological polar surface area (TPSA) is 112 Å². The number of hydrogen-bond acceptors (Lipinski definition) is 6. The van der Waals surface area contributed by atoms with Crippen LogP contribution in [0.3, 0.4) is 0 Å². The lowest BCUT2D eigenvalue weighted by Crippen LogP contribution is -2.47. The first-order valence-corrected chi connectivity index (χ1v) is 31.1. The van der Waals surface area contributed by atoms with Gasteiger partial charge in [0, 0.05) is 55.6 Å². The van der Waals surface area contributed by atoms with Crippen molar-refractivity contribution in [2.24, 2.45) is 0 Å². The summed E-state index contributed by atoms with van der Waals surface area (Å²) in [5.41, 5.74) is 7.91. The van der Waals surface area contributed by atoms with Gasteiger partial charge >= 0.3 is 0 Å². The minimum Gasteiger partial charge on any atom is -0.271 e. The third-order valence-electron chi connectivity index (χ3n) is 19.5. The number of benzene rings is 12. The maximum Gasteiger partial charge on any atom is 0.266 e. The zero-order valence-corrected chi connectivity index (χ0v) is 49.5. The normalized spacial score (nSPS) is 14.5. The summed E-state index contributed by atoms with van der Waals surface area (Å²) in [5, 5.41) is 14.0. The van der Waals surface area contributed by atoms with Crippen molar-refractivity contribution >= 4 is 133 Å². The van der Waals surface area contributed by atoms with Gasteiger partial charge in [-0.05, 0) is 165 Å². The number of carbonyl (C=O) groups is 6. The van der Waals surface area contributed by atoms with Crippen LogP contribution in [0.15, 0.2) is 146 Å². The zero-order chi connectivity index (χ0) is 59.1. The number of fused-ring (bicyclic) bond motifs is 4. The summed E-state index contributed by atoms with van der Waals surface area (Å²) >= 11 is 0. The third-order valence-corrected chi connectivity index (χ3v) is 19.5. The Kier molecular flexibility index (Phi) is 12.5. The lowest BCUT2D eigenvalue weighted by atomic mass is 9.82. The summed E-state index contributed by atoms with van der Waals surface area (Å²) in [5.74, 6) is -1.74. The van der Waals surface area contributed by atoms with E-state index in [1.54, 1.807) is 4.90 Å². The predicted molar refractivity (Wildman–Crippen MR) is 349 cm³/mol. The van der Waals surface area contributed by atoms with Crippen LogP contribution in [-0.4, -0.2) is 46.4 Å². The Bertz CT molecular complexity index is 4730. The minimum absolute atomic E-state index is 0.0902. The number of amides is 6. The maximum atomic E-state index is 14.9. The smallest absolute Gasteiger partial charge is 0.266 e. The number of carbonyl (C=O) groups excluding carboxylic acids is 6. The highest BCUT2D eigenvalue weighted by Gasteiger charge is 2.41. The quantitative estimate of drug-likeness (QED) is 0.0412. The molecule has 0 saturated carbocycles. The van der Waals surface area contributed by atoms with Crippen LogP contribution in [0.5, 0.6) is 0 Å². The van der Waals surface area contributed by atoms with E-state index in [0.717, 1.165) is 156 Å². The summed E-state index contributed by atoms with van der Waals surface area (Å²) in [4.78, 5) is 93.3. The molecule has 9 heteroatoms. The number of hydrogen-bond donors (Lipinski definition) is 0. The highest BCUT2D eigenvalue weighted by Crippen LogP contribution is 2.50. The molecule has 0 aliphatic carbocycles. The summed E-state index contributed by atoms with van der Waals surface area (Å²) in [6.07, 6.45) is 10.2. The standard InChI is InChI=1S/C77H65N3O6/c1-7-9-11-13-17-44(18-14-12-10-8-2)78-72(81)58-35-31-54-56-33-37-60-69-61(38-34-57(67(56)69)55-32-36-59(73(78)82)68(58)66(54)55)75(84)79(74(60)83)45-25-23-43(24-26-45)48-27-28-51-53-30-40-63-70-62(39-29-52(65(53)70)50-22-16-21-49(48)64(50)51)76(85)80(77(63)86)71-46(41(3)4)19-15-20-47(71)42(5)6/h15-16,19-42,44H,7-14,17-18H2,1-6H3. The van der Waals surface area contributed by atoms with Crippen LogP contribution < -0.4 is 9.80 Å². The maximum absolute atomic E-state index is 14.9. The van der Waals surface area contributed by atoms with E-state index in [2.05, 4.69) is 71.9 Å². The van der Waals surface area contributed by atoms with Crippen molar-refractivity contribution in [3.63, 3.8) is 0 Å². The lowest BCUT2D eigenvalue weighted by molar-refractivity contribution is 0.0516. The first kappa shape index (κ1) is 53.4. The summed E-state index contributed by atoms with van der Waals surface area (Å²) in [7, 11) is 0. The predicted octanol–water partition coefficient (Wildman–Crippen LogP) is 19.2. The van der Waals surface area contributed by atoms with E-state index in [9.17, 15) is 28.8 Å². The average molecular weight is 1130 g/mol. The molecule has 12 aromatic rings. The Balaban J connectivity index is 0.767. The van der Waals surface area contributed by atoms with Crippen LogP contribution in [-0.2, 0) is 0 Å². The van der Waals surface area contributed by atoms with Crippen LogP contribution in [0, 0.1) is 0 Å². The Morgan fingerprint density at radius 1 is 0.314 bits per heavy atom. The van der Waals surface area contributed by atoms with Crippen LogP contribution in [0.1, 0.15) is 191 Å². The zero-order valence-electron chi connectivity index (χ0n) is 49.5. The molecule has 12 aromatic carbocycles. The second-order valence-electron chi connectivity index (χ2n) is 25.0. The highest BCUT2D eigenvalue weighted by molar-refractivity contribution is 6.45. The molecule has 0 atom stereocenters. The van der Waals surface area contributed by atoms with Gasteiger partial charge in [-0.3, -0.25) is 33.7 Å². The van der Waals surface area contributed by atoms with Crippen molar-refractivity contribution in [1.29, 1.82) is 0 Å². The van der Waals surface area contributed by atoms with E-state index in [-0.39, 0.29) is 41.5 Å². The minimum atomic E-state index is -0.414. The van der Waals surface area contributed by atoms with E-state index >= 15 is 0 Å². The van der Waals surface area contributed by atoms with E-state index in [4.69, 9.17) is 0 Å². The van der Waals surface area contributed by atoms with Crippen molar-refractivity contribution in [3.8, 4) is 11.1 Å². The largest absolute Gasteiger partial charge is 0.271 e. The molecule has 6 amide bonds. The van der Waals surface area contributed by atoms with Gasteiger partial charge in [0.25, 0.3) is 35.4 Å². The Labute approximate surface area is 498 Å². The van der Waals surface area contributed by atoms with Gasteiger partial charge in [-0.1, -0.05) is 190 Å². The molecule has 0 unspecified atom stereocenters. The van der Waals surface area contributed by atoms with Gasteiger partial charge in [0.1, 0.15) is 0 Å². The number of nitrogens with zero attached hydrogens (tertiary/aromatic N) is 3. The molecular formula is C77H65N3O6. The molecule has 0 fully saturated rings. The second kappa shape index (κ2) is 20.2. The SMILES string of the molecule is CCCCCCC(CCCCCC)N1C(=O)c2ccc3c4ccc5c6c(ccc(c7ccc(c2c37)C1=O)c64)C(=O)N(c1ccc(-c2ccc3c4ccc6c7c(ccc(c8cccc2c83)c74)C(=O)N(c2c(C(C)C)cccc2C(C)C)C6=O)cc1)C5=O. The summed E-state index contributed by atoms with van der Waals surface area (Å²) in [6, 6.07) is 47.2. The number of rotatable bonds is 16. The lowest BCUT2D eigenvalue weighted by Gasteiger charge is -2.35. The van der Waals surface area contributed by atoms with E-state index in [1.165, 1.54) is 9.80 Å². The molecule has 0 aromatic heterocycles. The van der Waals surface area contributed by atoms with Gasteiger partial charge in [-0.25, -0.2) is 9.80 Å². The molecule has 3 heterocycles. The van der Waals surface area contributed by atoms with Gasteiger partial charge in [0.05, 0.1) is 11.4 Å². The van der Waals surface area contributed by atoms with E-state index < -0.39 is 11.8 Å². The average Bonchev–Trinajstić information content (AvgIpc) is 0.713. The fourth-order valence-electron chi connectivity index (χ4n) is 15.4. The van der Waals surface area contributed by atoms with Crippen LogP contribution in [0.4, 0.5) is 11.4 Å². The molecule has 0 N–H and O–H groups in total. The molecule has 9 nitrogen and oxygen atoms in total. The van der Waals surface area contributed by atoms with Crippen LogP contribution in [0.2, 0.25) is 0 Å². The van der Waals surface area contributed by atoms with Gasteiger partial charge < -0.3 is 0 Å². The molecule has 15 rings (SSSR count). The number of imide groups is 3. The van der Waals surface area contributed by atoms with Gasteiger partial charge in [0.2, 0.25) is 0 Å². The second-order valence-corrected chi connectivity index (χ2v) is 25.0.